The van der Waals surface area contributed by atoms with Crippen LogP contribution in [0.1, 0.15) is 25.3 Å². The molecule has 1 aromatic rings. The Morgan fingerprint density at radius 2 is 2.07 bits per heavy atom. The molecular formula is C12H15NO. The molecule has 0 aliphatic carbocycles. The lowest BCUT2D eigenvalue weighted by atomic mass is 10.2. The van der Waals surface area contributed by atoms with Gasteiger partial charge >= 0.3 is 0 Å². The van der Waals surface area contributed by atoms with Gasteiger partial charge in [0.1, 0.15) is 5.78 Å². The lowest BCUT2D eigenvalue weighted by Crippen LogP contribution is -1.97. The summed E-state index contributed by atoms with van der Waals surface area (Å²) in [6.07, 6.45) is 2.98. The Bertz CT molecular complexity index is 303. The molecule has 0 spiro atoms. The number of carbonyl (C=O) groups is 1. The van der Waals surface area contributed by atoms with Gasteiger partial charge in [0.15, 0.2) is 0 Å². The average Bonchev–Trinajstić information content (AvgIpc) is 2.25. The van der Waals surface area contributed by atoms with Gasteiger partial charge in [0.2, 0.25) is 0 Å². The largest absolute Gasteiger partial charge is 0.300 e. The van der Waals surface area contributed by atoms with Gasteiger partial charge in [0.05, 0.1) is 0 Å². The maximum atomic E-state index is 10.9. The van der Waals surface area contributed by atoms with E-state index in [4.69, 9.17) is 0 Å². The van der Waals surface area contributed by atoms with Crippen molar-refractivity contribution in [2.24, 2.45) is 4.99 Å². The van der Waals surface area contributed by atoms with E-state index in [0.29, 0.717) is 19.4 Å². The lowest BCUT2D eigenvalue weighted by Gasteiger charge is -1.93. The second-order valence-corrected chi connectivity index (χ2v) is 3.09. The van der Waals surface area contributed by atoms with Crippen molar-refractivity contribution in [3.8, 4) is 0 Å². The summed E-state index contributed by atoms with van der Waals surface area (Å²) in [5.74, 6) is 0.273. The van der Waals surface area contributed by atoms with Gasteiger partial charge in [-0.25, -0.2) is 0 Å². The molecule has 0 amide bonds. The summed E-state index contributed by atoms with van der Waals surface area (Å²) in [4.78, 5) is 15.1. The first kappa shape index (κ1) is 10.6. The van der Waals surface area contributed by atoms with Crippen LogP contribution in [0.25, 0.3) is 0 Å². The molecule has 74 valence electrons. The molecule has 0 saturated carbocycles. The van der Waals surface area contributed by atoms with E-state index >= 15 is 0 Å². The number of ketones is 1. The number of rotatable bonds is 5. The first-order valence-corrected chi connectivity index (χ1v) is 4.89. The van der Waals surface area contributed by atoms with Gasteiger partial charge in [-0.15, -0.1) is 0 Å². The average molecular weight is 189 g/mol. The first-order valence-electron chi connectivity index (χ1n) is 4.89. The molecule has 14 heavy (non-hydrogen) atoms. The third kappa shape index (κ3) is 3.99. The molecule has 0 heterocycles. The van der Waals surface area contributed by atoms with Gasteiger partial charge in [-0.1, -0.05) is 37.3 Å². The molecule has 0 unspecified atom stereocenters. The SMILES string of the molecule is CCC(=O)CCN=Cc1ccccc1. The van der Waals surface area contributed by atoms with Crippen LogP contribution in [-0.2, 0) is 4.79 Å². The molecule has 0 atom stereocenters. The lowest BCUT2D eigenvalue weighted by molar-refractivity contribution is -0.118. The van der Waals surface area contributed by atoms with Crippen molar-refractivity contribution in [2.45, 2.75) is 19.8 Å². The minimum atomic E-state index is 0.273. The van der Waals surface area contributed by atoms with E-state index in [2.05, 4.69) is 4.99 Å². The molecule has 0 N–H and O–H groups in total. The van der Waals surface area contributed by atoms with Crippen LogP contribution in [0.2, 0.25) is 0 Å². The fraction of sp³-hybridized carbons (Fsp3) is 0.333. The summed E-state index contributed by atoms with van der Waals surface area (Å²) in [7, 11) is 0. The van der Waals surface area contributed by atoms with Crippen molar-refractivity contribution in [3.05, 3.63) is 35.9 Å². The Kier molecular flexibility index (Phi) is 4.62. The highest BCUT2D eigenvalue weighted by Crippen LogP contribution is 1.95. The van der Waals surface area contributed by atoms with Gasteiger partial charge in [-0.3, -0.25) is 9.79 Å². The van der Waals surface area contributed by atoms with E-state index in [1.165, 1.54) is 0 Å². The molecule has 1 aromatic carbocycles. The van der Waals surface area contributed by atoms with E-state index in [1.54, 1.807) is 0 Å². The van der Waals surface area contributed by atoms with Gasteiger partial charge < -0.3 is 0 Å². The minimum absolute atomic E-state index is 0.273. The third-order valence-electron chi connectivity index (χ3n) is 1.95. The molecule has 1 rings (SSSR count). The van der Waals surface area contributed by atoms with Crippen molar-refractivity contribution in [2.75, 3.05) is 6.54 Å². The van der Waals surface area contributed by atoms with Gasteiger partial charge in [0, 0.05) is 25.6 Å². The van der Waals surface area contributed by atoms with E-state index in [0.717, 1.165) is 5.56 Å². The highest BCUT2D eigenvalue weighted by molar-refractivity contribution is 5.80. The molecular weight excluding hydrogens is 174 g/mol. The van der Waals surface area contributed by atoms with Crippen molar-refractivity contribution >= 4 is 12.0 Å². The van der Waals surface area contributed by atoms with Crippen LogP contribution in [0.15, 0.2) is 35.3 Å². The van der Waals surface area contributed by atoms with E-state index in [1.807, 2.05) is 43.5 Å². The summed E-state index contributed by atoms with van der Waals surface area (Å²) >= 11 is 0. The maximum absolute atomic E-state index is 10.9. The van der Waals surface area contributed by atoms with Crippen LogP contribution in [0.3, 0.4) is 0 Å². The maximum Gasteiger partial charge on any atom is 0.134 e. The predicted molar refractivity (Wildman–Crippen MR) is 58.8 cm³/mol. The number of nitrogens with zero attached hydrogens (tertiary/aromatic N) is 1. The number of hydrogen-bond acceptors (Lipinski definition) is 2. The standard InChI is InChI=1S/C12H15NO/c1-2-12(14)8-9-13-10-11-6-4-3-5-7-11/h3-7,10H,2,8-9H2,1H3. The number of Topliss-reactive ketones (excluding diaryl/α,β-unsaturated/α-hetero) is 1. The summed E-state index contributed by atoms with van der Waals surface area (Å²) in [6, 6.07) is 9.89. The predicted octanol–water partition coefficient (Wildman–Crippen LogP) is 2.47. The monoisotopic (exact) mass is 189 g/mol. The van der Waals surface area contributed by atoms with Crippen LogP contribution in [0.4, 0.5) is 0 Å². The van der Waals surface area contributed by atoms with Crippen LogP contribution >= 0.6 is 0 Å². The summed E-state index contributed by atoms with van der Waals surface area (Å²) in [5, 5.41) is 0. The Balaban J connectivity index is 2.31. The summed E-state index contributed by atoms with van der Waals surface area (Å²) in [5.41, 5.74) is 1.08. The minimum Gasteiger partial charge on any atom is -0.300 e. The van der Waals surface area contributed by atoms with Crippen molar-refractivity contribution in [1.82, 2.24) is 0 Å². The quantitative estimate of drug-likeness (QED) is 0.654. The normalized spacial score (nSPS) is 10.6. The molecule has 0 aliphatic heterocycles. The van der Waals surface area contributed by atoms with Crippen LogP contribution in [0, 0.1) is 0 Å². The number of benzene rings is 1. The van der Waals surface area contributed by atoms with Gasteiger partial charge in [-0.2, -0.15) is 0 Å². The molecule has 0 aliphatic rings. The highest BCUT2D eigenvalue weighted by Gasteiger charge is 1.94. The van der Waals surface area contributed by atoms with Crippen molar-refractivity contribution in [3.63, 3.8) is 0 Å². The molecule has 0 fully saturated rings. The molecule has 2 heteroatoms. The molecule has 0 aromatic heterocycles. The Labute approximate surface area is 84.7 Å². The molecule has 0 bridgehead atoms. The van der Waals surface area contributed by atoms with Crippen molar-refractivity contribution in [1.29, 1.82) is 0 Å². The molecule has 0 saturated heterocycles. The van der Waals surface area contributed by atoms with Crippen LogP contribution in [0.5, 0.6) is 0 Å². The zero-order valence-corrected chi connectivity index (χ0v) is 8.44. The zero-order chi connectivity index (χ0) is 10.2. The molecule has 0 radical (unpaired) electrons. The van der Waals surface area contributed by atoms with Gasteiger partial charge in [-0.05, 0) is 5.56 Å². The zero-order valence-electron chi connectivity index (χ0n) is 8.44. The van der Waals surface area contributed by atoms with E-state index < -0.39 is 0 Å². The first-order chi connectivity index (χ1) is 6.83. The van der Waals surface area contributed by atoms with E-state index in [9.17, 15) is 4.79 Å². The topological polar surface area (TPSA) is 29.4 Å². The number of aliphatic imine (C=N–C) groups is 1. The Morgan fingerprint density at radius 3 is 2.71 bits per heavy atom. The van der Waals surface area contributed by atoms with Crippen LogP contribution in [-0.4, -0.2) is 18.5 Å². The Morgan fingerprint density at radius 1 is 1.36 bits per heavy atom. The van der Waals surface area contributed by atoms with E-state index in [-0.39, 0.29) is 5.78 Å². The van der Waals surface area contributed by atoms with Crippen LogP contribution < -0.4 is 0 Å². The smallest absolute Gasteiger partial charge is 0.134 e. The number of carbonyl (C=O) groups excluding carboxylic acids is 1. The molecule has 2 nitrogen and oxygen atoms in total. The fourth-order valence-electron chi connectivity index (χ4n) is 1.08. The number of hydrogen-bond donors (Lipinski definition) is 0. The Hall–Kier alpha value is -1.44. The second-order valence-electron chi connectivity index (χ2n) is 3.09. The fourth-order valence-corrected chi connectivity index (χ4v) is 1.08. The highest BCUT2D eigenvalue weighted by atomic mass is 16.1. The van der Waals surface area contributed by atoms with Gasteiger partial charge in [0.25, 0.3) is 0 Å². The third-order valence-corrected chi connectivity index (χ3v) is 1.95. The van der Waals surface area contributed by atoms with Crippen molar-refractivity contribution < 1.29 is 4.79 Å². The summed E-state index contributed by atoms with van der Waals surface area (Å²) in [6.45, 7) is 2.48. The summed E-state index contributed by atoms with van der Waals surface area (Å²) < 4.78 is 0. The second kappa shape index (κ2) is 6.08.